The van der Waals surface area contributed by atoms with Crippen LogP contribution in [-0.2, 0) is 0 Å². The minimum absolute atomic E-state index is 0.396. The lowest BCUT2D eigenvalue weighted by molar-refractivity contribution is 0.313. The standard InChI is InChI=1S/C23H25N11/c1-31-6-8-32(9-7-31)20-5-4-17(10-21(20)33-14-26-27-15-33)29-22-11-19(28-16-2-3-16)23-25-13-18(12-24)34(23)30-22/h4-5,10-11,13-16,28H,2-3,6-9H2,1H3,(H,29,30). The van der Waals surface area contributed by atoms with Gasteiger partial charge in [-0.1, -0.05) is 0 Å². The highest BCUT2D eigenvalue weighted by molar-refractivity contribution is 5.75. The maximum atomic E-state index is 9.49. The van der Waals surface area contributed by atoms with Crippen molar-refractivity contribution in [3.8, 4) is 11.8 Å². The quantitative estimate of drug-likeness (QED) is 0.452. The molecule has 3 aromatic heterocycles. The third kappa shape index (κ3) is 3.88. The summed E-state index contributed by atoms with van der Waals surface area (Å²) in [6.07, 6.45) is 7.26. The van der Waals surface area contributed by atoms with Crippen LogP contribution in [0.5, 0.6) is 0 Å². The molecular weight excluding hydrogens is 430 g/mol. The van der Waals surface area contributed by atoms with Crippen molar-refractivity contribution in [1.29, 1.82) is 5.26 Å². The summed E-state index contributed by atoms with van der Waals surface area (Å²) in [5, 5.41) is 29.1. The second-order valence-corrected chi connectivity index (χ2v) is 8.84. The summed E-state index contributed by atoms with van der Waals surface area (Å²) < 4.78 is 3.52. The number of piperazine rings is 1. The Labute approximate surface area is 196 Å². The van der Waals surface area contributed by atoms with Gasteiger partial charge in [-0.25, -0.2) is 4.98 Å². The number of likely N-dealkylation sites (N-methyl/N-ethyl adjacent to an activating group) is 1. The fourth-order valence-electron chi connectivity index (χ4n) is 4.26. The molecule has 11 nitrogen and oxygen atoms in total. The molecule has 0 atom stereocenters. The van der Waals surface area contributed by atoms with Crippen molar-refractivity contribution in [3.63, 3.8) is 0 Å². The smallest absolute Gasteiger partial charge is 0.178 e. The average molecular weight is 456 g/mol. The third-order valence-corrected chi connectivity index (χ3v) is 6.31. The molecule has 4 aromatic rings. The van der Waals surface area contributed by atoms with E-state index in [0.29, 0.717) is 23.2 Å². The van der Waals surface area contributed by atoms with Crippen LogP contribution in [0.1, 0.15) is 18.5 Å². The molecule has 4 heterocycles. The largest absolute Gasteiger partial charge is 0.379 e. The predicted molar refractivity (Wildman–Crippen MR) is 129 cm³/mol. The zero-order valence-electron chi connectivity index (χ0n) is 18.9. The fraction of sp³-hybridized carbons (Fsp3) is 0.348. The van der Waals surface area contributed by atoms with Crippen LogP contribution in [0.4, 0.5) is 22.9 Å². The van der Waals surface area contributed by atoms with Crippen LogP contribution in [0, 0.1) is 11.3 Å². The second-order valence-electron chi connectivity index (χ2n) is 8.84. The van der Waals surface area contributed by atoms with Crippen LogP contribution in [0.2, 0.25) is 0 Å². The van der Waals surface area contributed by atoms with Gasteiger partial charge >= 0.3 is 0 Å². The van der Waals surface area contributed by atoms with E-state index in [1.165, 1.54) is 0 Å². The molecule has 0 unspecified atom stereocenters. The first-order chi connectivity index (χ1) is 16.7. The van der Waals surface area contributed by atoms with Crippen LogP contribution in [0.25, 0.3) is 11.3 Å². The van der Waals surface area contributed by atoms with Gasteiger partial charge in [0.1, 0.15) is 18.7 Å². The minimum atomic E-state index is 0.396. The van der Waals surface area contributed by atoms with E-state index in [4.69, 9.17) is 0 Å². The minimum Gasteiger partial charge on any atom is -0.379 e. The van der Waals surface area contributed by atoms with Crippen molar-refractivity contribution < 1.29 is 0 Å². The SMILES string of the molecule is CN1CCN(c2ccc(Nc3cc(NC4CC4)c4ncc(C#N)n4n3)cc2-n2cnnc2)CC1. The van der Waals surface area contributed by atoms with Gasteiger partial charge in [0.15, 0.2) is 17.2 Å². The Bertz CT molecular complexity index is 1360. The molecule has 172 valence electrons. The summed E-state index contributed by atoms with van der Waals surface area (Å²) in [6, 6.07) is 10.8. The zero-order valence-corrected chi connectivity index (χ0v) is 18.9. The summed E-state index contributed by atoms with van der Waals surface area (Å²) in [5.41, 5.74) is 4.94. The van der Waals surface area contributed by atoms with Crippen LogP contribution in [0.3, 0.4) is 0 Å². The molecule has 0 spiro atoms. The molecule has 0 amide bonds. The number of aromatic nitrogens is 6. The Morgan fingerprint density at radius 1 is 1.03 bits per heavy atom. The molecule has 2 aliphatic rings. The fourth-order valence-corrected chi connectivity index (χ4v) is 4.26. The molecular formula is C23H25N11. The molecule has 0 bridgehead atoms. The van der Waals surface area contributed by atoms with Crippen molar-refractivity contribution in [2.75, 3.05) is 48.8 Å². The van der Waals surface area contributed by atoms with Gasteiger partial charge in [-0.15, -0.1) is 15.3 Å². The zero-order chi connectivity index (χ0) is 23.1. The molecule has 1 aromatic carbocycles. The highest BCUT2D eigenvalue weighted by atomic mass is 15.3. The van der Waals surface area contributed by atoms with Gasteiger partial charge in [0.2, 0.25) is 0 Å². The summed E-state index contributed by atoms with van der Waals surface area (Å²) in [4.78, 5) is 9.13. The van der Waals surface area contributed by atoms with Crippen LogP contribution >= 0.6 is 0 Å². The molecule has 2 N–H and O–H groups in total. The third-order valence-electron chi connectivity index (χ3n) is 6.31. The normalized spacial score (nSPS) is 16.5. The number of nitriles is 1. The highest BCUT2D eigenvalue weighted by Crippen LogP contribution is 2.32. The molecule has 6 rings (SSSR count). The lowest BCUT2D eigenvalue weighted by Gasteiger charge is -2.35. The van der Waals surface area contributed by atoms with Gasteiger partial charge < -0.3 is 20.4 Å². The van der Waals surface area contributed by atoms with Crippen molar-refractivity contribution in [1.82, 2.24) is 34.3 Å². The maximum absolute atomic E-state index is 9.49. The molecule has 1 aliphatic carbocycles. The number of hydrogen-bond donors (Lipinski definition) is 2. The van der Waals surface area contributed by atoms with E-state index >= 15 is 0 Å². The van der Waals surface area contributed by atoms with Crippen LogP contribution < -0.4 is 15.5 Å². The van der Waals surface area contributed by atoms with E-state index in [0.717, 1.165) is 61.8 Å². The van der Waals surface area contributed by atoms with E-state index in [-0.39, 0.29) is 0 Å². The number of hydrogen-bond acceptors (Lipinski definition) is 9. The van der Waals surface area contributed by atoms with E-state index in [1.54, 1.807) is 23.4 Å². The number of nitrogens with zero attached hydrogens (tertiary/aromatic N) is 9. The Kier molecular flexibility index (Phi) is 5.00. The number of fused-ring (bicyclic) bond motifs is 1. The van der Waals surface area contributed by atoms with Crippen LogP contribution in [0.15, 0.2) is 43.1 Å². The molecule has 1 saturated carbocycles. The maximum Gasteiger partial charge on any atom is 0.178 e. The van der Waals surface area contributed by atoms with Crippen molar-refractivity contribution in [2.45, 2.75) is 18.9 Å². The van der Waals surface area contributed by atoms with Gasteiger partial charge in [0.25, 0.3) is 0 Å². The first-order valence-electron chi connectivity index (χ1n) is 11.4. The number of anilines is 4. The summed E-state index contributed by atoms with van der Waals surface area (Å²) in [5.74, 6) is 0.632. The first kappa shape index (κ1) is 20.4. The Morgan fingerprint density at radius 2 is 1.82 bits per heavy atom. The van der Waals surface area contributed by atoms with Gasteiger partial charge in [-0.05, 0) is 38.1 Å². The van der Waals surface area contributed by atoms with Crippen molar-refractivity contribution in [2.24, 2.45) is 0 Å². The van der Waals surface area contributed by atoms with Gasteiger partial charge in [0, 0.05) is 44.0 Å². The molecule has 11 heteroatoms. The lowest BCUT2D eigenvalue weighted by Crippen LogP contribution is -2.44. The predicted octanol–water partition coefficient (Wildman–Crippen LogP) is 2.25. The van der Waals surface area contributed by atoms with Gasteiger partial charge in [0.05, 0.1) is 23.3 Å². The van der Waals surface area contributed by atoms with E-state index in [9.17, 15) is 5.26 Å². The lowest BCUT2D eigenvalue weighted by atomic mass is 10.2. The first-order valence-corrected chi connectivity index (χ1v) is 11.4. The van der Waals surface area contributed by atoms with E-state index < -0.39 is 0 Å². The summed E-state index contributed by atoms with van der Waals surface area (Å²) in [6.45, 7) is 3.97. The molecule has 2 fully saturated rings. The molecule has 34 heavy (non-hydrogen) atoms. The highest BCUT2D eigenvalue weighted by Gasteiger charge is 2.23. The van der Waals surface area contributed by atoms with E-state index in [1.807, 2.05) is 10.6 Å². The van der Waals surface area contributed by atoms with Gasteiger partial charge in [-0.3, -0.25) is 4.57 Å². The molecule has 1 saturated heterocycles. The Balaban J connectivity index is 1.36. The molecule has 0 radical (unpaired) electrons. The van der Waals surface area contributed by atoms with Gasteiger partial charge in [-0.2, -0.15) is 9.78 Å². The van der Waals surface area contributed by atoms with Crippen molar-refractivity contribution in [3.05, 3.63) is 48.8 Å². The van der Waals surface area contributed by atoms with Crippen LogP contribution in [-0.4, -0.2) is 73.5 Å². The summed E-state index contributed by atoms with van der Waals surface area (Å²) in [7, 11) is 2.15. The van der Waals surface area contributed by atoms with E-state index in [2.05, 4.69) is 72.0 Å². The number of rotatable bonds is 6. The van der Waals surface area contributed by atoms with Crippen molar-refractivity contribution >= 4 is 28.5 Å². The molecule has 1 aliphatic heterocycles. The monoisotopic (exact) mass is 455 g/mol. The topological polar surface area (TPSA) is 115 Å². The average Bonchev–Trinajstić information content (AvgIpc) is 3.32. The number of nitrogens with one attached hydrogen (secondary N) is 2. The second kappa shape index (κ2) is 8.31. The number of benzene rings is 1. The Hall–Kier alpha value is -4.17. The number of imidazole rings is 1. The summed E-state index contributed by atoms with van der Waals surface area (Å²) >= 11 is 0. The Morgan fingerprint density at radius 3 is 2.56 bits per heavy atom.